The Kier molecular flexibility index (Phi) is 3.57. The highest BCUT2D eigenvalue weighted by Crippen LogP contribution is 2.26. The maximum Gasteiger partial charge on any atom is 0.220 e. The first kappa shape index (κ1) is 11.1. The largest absolute Gasteiger partial charge is 0.396 e. The lowest BCUT2D eigenvalue weighted by Crippen LogP contribution is -2.15. The quantitative estimate of drug-likeness (QED) is 0.801. The zero-order chi connectivity index (χ0) is 11.4. The molecule has 1 fully saturated rings. The van der Waals surface area contributed by atoms with Crippen LogP contribution in [0.1, 0.15) is 24.3 Å². The molecule has 1 unspecified atom stereocenters. The highest BCUT2D eigenvalue weighted by Gasteiger charge is 2.24. The van der Waals surface area contributed by atoms with Crippen molar-refractivity contribution in [2.24, 2.45) is 5.92 Å². The smallest absolute Gasteiger partial charge is 0.220 e. The zero-order valence-electron chi connectivity index (χ0n) is 9.23. The summed E-state index contributed by atoms with van der Waals surface area (Å²) in [6.45, 7) is 0.900. The van der Waals surface area contributed by atoms with Crippen molar-refractivity contribution in [2.45, 2.75) is 18.8 Å². The normalized spacial score (nSPS) is 21.8. The van der Waals surface area contributed by atoms with Crippen molar-refractivity contribution in [3.8, 4) is 0 Å². The van der Waals surface area contributed by atoms with Gasteiger partial charge in [0, 0.05) is 25.5 Å². The van der Waals surface area contributed by atoms with E-state index < -0.39 is 0 Å². The van der Waals surface area contributed by atoms with Gasteiger partial charge in [0.25, 0.3) is 0 Å². The minimum absolute atomic E-state index is 0.134. The Hall–Kier alpha value is -1.35. The van der Waals surface area contributed by atoms with Crippen LogP contribution in [0.3, 0.4) is 0 Å². The molecule has 2 atom stereocenters. The summed E-state index contributed by atoms with van der Waals surface area (Å²) in [6, 6.07) is 10.0. The maximum atomic E-state index is 11.1. The van der Waals surface area contributed by atoms with Crippen LogP contribution in [-0.4, -0.2) is 24.2 Å². The molecule has 0 spiro atoms. The van der Waals surface area contributed by atoms with Crippen molar-refractivity contribution in [3.05, 3.63) is 35.9 Å². The molecule has 2 rings (SSSR count). The lowest BCUT2D eigenvalue weighted by atomic mass is 9.89. The van der Waals surface area contributed by atoms with Crippen molar-refractivity contribution in [1.29, 1.82) is 0 Å². The number of carbonyl (C=O) groups excluding carboxylic acids is 1. The molecule has 0 aliphatic carbocycles. The summed E-state index contributed by atoms with van der Waals surface area (Å²) in [4.78, 5) is 11.1. The third kappa shape index (κ3) is 2.61. The maximum absolute atomic E-state index is 11.1. The van der Waals surface area contributed by atoms with Crippen LogP contribution in [0.4, 0.5) is 0 Å². The van der Waals surface area contributed by atoms with Gasteiger partial charge in [0.15, 0.2) is 0 Å². The van der Waals surface area contributed by atoms with Crippen LogP contribution in [0, 0.1) is 5.92 Å². The molecule has 16 heavy (non-hydrogen) atoms. The lowest BCUT2D eigenvalue weighted by Gasteiger charge is -2.17. The van der Waals surface area contributed by atoms with Crippen LogP contribution in [0.2, 0.25) is 0 Å². The van der Waals surface area contributed by atoms with E-state index in [1.165, 1.54) is 0 Å². The Bertz CT molecular complexity index is 350. The third-order valence-corrected chi connectivity index (χ3v) is 3.17. The summed E-state index contributed by atoms with van der Waals surface area (Å²) in [5.41, 5.74) is 1.16. The van der Waals surface area contributed by atoms with Gasteiger partial charge in [0.1, 0.15) is 0 Å². The molecule has 0 saturated carbocycles. The van der Waals surface area contributed by atoms with Gasteiger partial charge in [-0.25, -0.2) is 0 Å². The fraction of sp³-hybridized carbons (Fsp3) is 0.462. The fourth-order valence-electron chi connectivity index (χ4n) is 2.27. The molecule has 1 aromatic carbocycles. The Balaban J connectivity index is 1.98. The summed E-state index contributed by atoms with van der Waals surface area (Å²) < 4.78 is 0. The minimum atomic E-state index is 0.134. The predicted molar refractivity (Wildman–Crippen MR) is 62.0 cm³/mol. The summed E-state index contributed by atoms with van der Waals surface area (Å²) in [7, 11) is 0. The first-order chi connectivity index (χ1) is 7.79. The molecule has 1 heterocycles. The molecule has 1 aliphatic heterocycles. The molecular weight excluding hydrogens is 202 g/mol. The summed E-state index contributed by atoms with van der Waals surface area (Å²) in [6.07, 6.45) is 1.47. The van der Waals surface area contributed by atoms with Crippen LogP contribution in [-0.2, 0) is 4.79 Å². The number of carbonyl (C=O) groups is 1. The van der Waals surface area contributed by atoms with E-state index in [-0.39, 0.29) is 18.4 Å². The van der Waals surface area contributed by atoms with Gasteiger partial charge >= 0.3 is 0 Å². The van der Waals surface area contributed by atoms with Crippen LogP contribution in [0.5, 0.6) is 0 Å². The number of hydrogen-bond acceptors (Lipinski definition) is 2. The number of hydrogen-bond donors (Lipinski definition) is 2. The topological polar surface area (TPSA) is 49.3 Å². The SMILES string of the molecule is O=C1C[C@H](CC(CO)c2ccccc2)CN1. The molecule has 0 bridgehead atoms. The summed E-state index contributed by atoms with van der Waals surface area (Å²) >= 11 is 0. The molecule has 3 heteroatoms. The van der Waals surface area contributed by atoms with Gasteiger partial charge in [0.05, 0.1) is 0 Å². The molecule has 0 aromatic heterocycles. The number of nitrogens with one attached hydrogen (secondary N) is 1. The van der Waals surface area contributed by atoms with E-state index in [2.05, 4.69) is 5.32 Å². The average Bonchev–Trinajstić information content (AvgIpc) is 2.73. The molecule has 86 valence electrons. The van der Waals surface area contributed by atoms with Gasteiger partial charge in [-0.3, -0.25) is 4.79 Å². The Morgan fingerprint density at radius 3 is 2.69 bits per heavy atom. The van der Waals surface area contributed by atoms with E-state index in [4.69, 9.17) is 0 Å². The van der Waals surface area contributed by atoms with Crippen LogP contribution >= 0.6 is 0 Å². The van der Waals surface area contributed by atoms with E-state index in [1.807, 2.05) is 30.3 Å². The molecule has 1 aromatic rings. The number of rotatable bonds is 4. The Labute approximate surface area is 95.5 Å². The summed E-state index contributed by atoms with van der Waals surface area (Å²) in [5.74, 6) is 0.651. The van der Waals surface area contributed by atoms with Crippen LogP contribution < -0.4 is 5.32 Å². The molecule has 1 amide bonds. The zero-order valence-corrected chi connectivity index (χ0v) is 9.23. The predicted octanol–water partition coefficient (Wildman–Crippen LogP) is 1.29. The highest BCUT2D eigenvalue weighted by atomic mass is 16.3. The van der Waals surface area contributed by atoms with Gasteiger partial charge in [-0.05, 0) is 17.9 Å². The van der Waals surface area contributed by atoms with E-state index in [9.17, 15) is 9.90 Å². The molecule has 1 saturated heterocycles. The second-order valence-electron chi connectivity index (χ2n) is 4.40. The van der Waals surface area contributed by atoms with E-state index in [1.54, 1.807) is 0 Å². The first-order valence-corrected chi connectivity index (χ1v) is 5.72. The van der Waals surface area contributed by atoms with E-state index in [0.29, 0.717) is 12.3 Å². The first-order valence-electron chi connectivity index (χ1n) is 5.72. The van der Waals surface area contributed by atoms with Crippen LogP contribution in [0.25, 0.3) is 0 Å². The van der Waals surface area contributed by atoms with Crippen molar-refractivity contribution >= 4 is 5.91 Å². The van der Waals surface area contributed by atoms with E-state index >= 15 is 0 Å². The van der Waals surface area contributed by atoms with Crippen LogP contribution in [0.15, 0.2) is 30.3 Å². The second kappa shape index (κ2) is 5.12. The van der Waals surface area contributed by atoms with Crippen molar-refractivity contribution in [2.75, 3.05) is 13.2 Å². The standard InChI is InChI=1S/C13H17NO2/c15-9-12(11-4-2-1-3-5-11)6-10-7-13(16)14-8-10/h1-5,10,12,15H,6-9H2,(H,14,16)/t10-,12?/m0/s1. The average molecular weight is 219 g/mol. The van der Waals surface area contributed by atoms with E-state index in [0.717, 1.165) is 18.5 Å². The number of benzene rings is 1. The van der Waals surface area contributed by atoms with Gasteiger partial charge < -0.3 is 10.4 Å². The third-order valence-electron chi connectivity index (χ3n) is 3.17. The van der Waals surface area contributed by atoms with Gasteiger partial charge in [-0.15, -0.1) is 0 Å². The summed E-state index contributed by atoms with van der Waals surface area (Å²) in [5, 5.41) is 12.2. The van der Waals surface area contributed by atoms with Gasteiger partial charge in [-0.1, -0.05) is 30.3 Å². The lowest BCUT2D eigenvalue weighted by molar-refractivity contribution is -0.119. The monoisotopic (exact) mass is 219 g/mol. The van der Waals surface area contributed by atoms with Crippen molar-refractivity contribution in [3.63, 3.8) is 0 Å². The molecule has 2 N–H and O–H groups in total. The second-order valence-corrected chi connectivity index (χ2v) is 4.40. The molecule has 3 nitrogen and oxygen atoms in total. The number of aliphatic hydroxyl groups excluding tert-OH is 1. The molecule has 0 radical (unpaired) electrons. The fourth-order valence-corrected chi connectivity index (χ4v) is 2.27. The van der Waals surface area contributed by atoms with Crippen molar-refractivity contribution < 1.29 is 9.90 Å². The molecule has 1 aliphatic rings. The minimum Gasteiger partial charge on any atom is -0.396 e. The van der Waals surface area contributed by atoms with Gasteiger partial charge in [0.2, 0.25) is 5.91 Å². The Morgan fingerprint density at radius 2 is 2.12 bits per heavy atom. The van der Waals surface area contributed by atoms with Crippen molar-refractivity contribution in [1.82, 2.24) is 5.32 Å². The Morgan fingerprint density at radius 1 is 1.38 bits per heavy atom. The number of amides is 1. The van der Waals surface area contributed by atoms with Gasteiger partial charge in [-0.2, -0.15) is 0 Å². The highest BCUT2D eigenvalue weighted by molar-refractivity contribution is 5.78. The molecular formula is C13H17NO2. The number of aliphatic hydroxyl groups is 1.